The van der Waals surface area contributed by atoms with Crippen molar-refractivity contribution in [2.45, 2.75) is 13.3 Å². The summed E-state index contributed by atoms with van der Waals surface area (Å²) in [5.74, 6) is 0.162. The zero-order chi connectivity index (χ0) is 20.5. The molecule has 0 saturated heterocycles. The third kappa shape index (κ3) is 6.35. The van der Waals surface area contributed by atoms with E-state index in [0.717, 1.165) is 4.47 Å². The number of hydrogen-bond acceptors (Lipinski definition) is 5. The van der Waals surface area contributed by atoms with Crippen molar-refractivity contribution < 1.29 is 19.1 Å². The second-order valence-corrected chi connectivity index (χ2v) is 7.17. The van der Waals surface area contributed by atoms with Gasteiger partial charge in [0.1, 0.15) is 6.42 Å². The number of rotatable bonds is 8. The minimum atomic E-state index is -0.530. The number of nitrogens with one attached hydrogen (secondary N) is 2. The Hall–Kier alpha value is -2.39. The summed E-state index contributed by atoms with van der Waals surface area (Å²) < 4.78 is 12.3. The lowest BCUT2D eigenvalue weighted by molar-refractivity contribution is -0.126. The van der Waals surface area contributed by atoms with Crippen molar-refractivity contribution in [2.24, 2.45) is 5.10 Å². The summed E-state index contributed by atoms with van der Waals surface area (Å²) in [7, 11) is 1.54. The molecule has 0 aliphatic rings. The highest BCUT2D eigenvalue weighted by molar-refractivity contribution is 9.11. The summed E-state index contributed by atoms with van der Waals surface area (Å²) in [5.41, 5.74) is 3.61. The largest absolute Gasteiger partial charge is 0.493 e. The lowest BCUT2D eigenvalue weighted by atomic mass is 10.2. The van der Waals surface area contributed by atoms with E-state index in [1.165, 1.54) is 13.3 Å². The molecule has 7 nitrogen and oxygen atoms in total. The molecule has 2 aromatic carbocycles. The van der Waals surface area contributed by atoms with Crippen LogP contribution >= 0.6 is 31.9 Å². The standard InChI is InChI=1S/C19H19Br2N3O4/c1-3-28-19-14(21)8-12(9-16(19)27-2)11-22-24-18(26)10-17(25)23-15-7-5-4-6-13(15)20/h4-9,11H,3,10H2,1-2H3,(H,23,25)(H,24,26). The number of carbonyl (C=O) groups is 2. The third-order valence-electron chi connectivity index (χ3n) is 3.41. The van der Waals surface area contributed by atoms with Crippen molar-refractivity contribution in [3.63, 3.8) is 0 Å². The number of halogens is 2. The first-order chi connectivity index (χ1) is 13.4. The first kappa shape index (κ1) is 21.9. The van der Waals surface area contributed by atoms with Gasteiger partial charge in [-0.3, -0.25) is 9.59 Å². The molecule has 2 rings (SSSR count). The zero-order valence-corrected chi connectivity index (χ0v) is 18.5. The van der Waals surface area contributed by atoms with Gasteiger partial charge < -0.3 is 14.8 Å². The van der Waals surface area contributed by atoms with Gasteiger partial charge in [0.2, 0.25) is 11.8 Å². The minimum absolute atomic E-state index is 0.352. The molecule has 0 aliphatic heterocycles. The average molecular weight is 513 g/mol. The van der Waals surface area contributed by atoms with E-state index >= 15 is 0 Å². The maximum Gasteiger partial charge on any atom is 0.249 e. The summed E-state index contributed by atoms with van der Waals surface area (Å²) in [4.78, 5) is 23.9. The van der Waals surface area contributed by atoms with Crippen LogP contribution in [0.2, 0.25) is 0 Å². The number of methoxy groups -OCH3 is 1. The normalized spacial score (nSPS) is 10.6. The van der Waals surface area contributed by atoms with Crippen LogP contribution in [0, 0.1) is 0 Å². The maximum atomic E-state index is 12.0. The number of benzene rings is 2. The molecule has 148 valence electrons. The van der Waals surface area contributed by atoms with Crippen LogP contribution in [0.1, 0.15) is 18.9 Å². The smallest absolute Gasteiger partial charge is 0.249 e. The molecule has 2 N–H and O–H groups in total. The number of para-hydroxylation sites is 1. The molecule has 0 fully saturated rings. The molecule has 9 heteroatoms. The molecule has 0 aromatic heterocycles. The van der Waals surface area contributed by atoms with Crippen LogP contribution in [-0.2, 0) is 9.59 Å². The molecule has 2 aromatic rings. The average Bonchev–Trinajstić information content (AvgIpc) is 2.65. The van der Waals surface area contributed by atoms with Crippen molar-refractivity contribution in [2.75, 3.05) is 19.0 Å². The van der Waals surface area contributed by atoms with Crippen LogP contribution in [-0.4, -0.2) is 31.7 Å². The Morgan fingerprint density at radius 3 is 2.57 bits per heavy atom. The quantitative estimate of drug-likeness (QED) is 0.316. The highest BCUT2D eigenvalue weighted by atomic mass is 79.9. The monoisotopic (exact) mass is 511 g/mol. The fourth-order valence-corrected chi connectivity index (χ4v) is 3.18. The van der Waals surface area contributed by atoms with Gasteiger partial charge in [-0.05, 0) is 68.6 Å². The van der Waals surface area contributed by atoms with Crippen molar-refractivity contribution >= 4 is 55.6 Å². The minimum Gasteiger partial charge on any atom is -0.493 e. The highest BCUT2D eigenvalue weighted by Crippen LogP contribution is 2.36. The number of hydrogen-bond donors (Lipinski definition) is 2. The van der Waals surface area contributed by atoms with Gasteiger partial charge in [-0.25, -0.2) is 5.43 Å². The van der Waals surface area contributed by atoms with Crippen LogP contribution in [0.25, 0.3) is 0 Å². The summed E-state index contributed by atoms with van der Waals surface area (Å²) in [6.45, 7) is 2.38. The van der Waals surface area contributed by atoms with Crippen molar-refractivity contribution in [1.29, 1.82) is 0 Å². The van der Waals surface area contributed by atoms with E-state index in [4.69, 9.17) is 9.47 Å². The zero-order valence-electron chi connectivity index (χ0n) is 15.3. The van der Waals surface area contributed by atoms with Gasteiger partial charge >= 0.3 is 0 Å². The van der Waals surface area contributed by atoms with Crippen LogP contribution in [0.15, 0.2) is 50.4 Å². The number of amides is 2. The van der Waals surface area contributed by atoms with E-state index in [0.29, 0.717) is 33.8 Å². The number of hydrazone groups is 1. The highest BCUT2D eigenvalue weighted by Gasteiger charge is 2.12. The van der Waals surface area contributed by atoms with E-state index in [-0.39, 0.29) is 6.42 Å². The summed E-state index contributed by atoms with van der Waals surface area (Å²) in [6.07, 6.45) is 1.10. The first-order valence-electron chi connectivity index (χ1n) is 8.31. The molecule has 0 saturated carbocycles. The van der Waals surface area contributed by atoms with Crippen LogP contribution in [0.5, 0.6) is 11.5 Å². The van der Waals surface area contributed by atoms with E-state index in [1.54, 1.807) is 30.3 Å². The molecular weight excluding hydrogens is 494 g/mol. The van der Waals surface area contributed by atoms with Gasteiger partial charge in [0.15, 0.2) is 11.5 Å². The molecule has 2 amide bonds. The second kappa shape index (κ2) is 10.8. The Kier molecular flexibility index (Phi) is 8.46. The maximum absolute atomic E-state index is 12.0. The van der Waals surface area contributed by atoms with Crippen LogP contribution in [0.4, 0.5) is 5.69 Å². The molecule has 0 atom stereocenters. The van der Waals surface area contributed by atoms with Crippen molar-refractivity contribution in [3.05, 3.63) is 50.9 Å². The first-order valence-corrected chi connectivity index (χ1v) is 9.89. The topological polar surface area (TPSA) is 89.0 Å². The molecule has 0 bridgehead atoms. The number of nitrogens with zero attached hydrogens (tertiary/aromatic N) is 1. The van der Waals surface area contributed by atoms with Crippen molar-refractivity contribution in [3.8, 4) is 11.5 Å². The Bertz CT molecular complexity index is 887. The Balaban J connectivity index is 1.93. The lowest BCUT2D eigenvalue weighted by Crippen LogP contribution is -2.24. The Morgan fingerprint density at radius 2 is 1.89 bits per heavy atom. The van der Waals surface area contributed by atoms with E-state index < -0.39 is 11.8 Å². The van der Waals surface area contributed by atoms with E-state index in [2.05, 4.69) is 47.7 Å². The van der Waals surface area contributed by atoms with E-state index in [1.807, 2.05) is 13.0 Å². The molecule has 0 unspecified atom stereocenters. The number of carbonyl (C=O) groups excluding carboxylic acids is 2. The van der Waals surface area contributed by atoms with Gasteiger partial charge in [0, 0.05) is 4.47 Å². The van der Waals surface area contributed by atoms with Gasteiger partial charge in [-0.15, -0.1) is 0 Å². The number of anilines is 1. The molecule has 0 radical (unpaired) electrons. The van der Waals surface area contributed by atoms with E-state index in [9.17, 15) is 9.59 Å². The fourth-order valence-electron chi connectivity index (χ4n) is 2.22. The van der Waals surface area contributed by atoms with Gasteiger partial charge in [0.05, 0.1) is 30.1 Å². The summed E-state index contributed by atoms with van der Waals surface area (Å²) in [6, 6.07) is 10.6. The molecule has 0 spiro atoms. The number of ether oxygens (including phenoxy) is 2. The molecule has 28 heavy (non-hydrogen) atoms. The Morgan fingerprint density at radius 1 is 1.14 bits per heavy atom. The van der Waals surface area contributed by atoms with Gasteiger partial charge in [-0.2, -0.15) is 5.10 Å². The fraction of sp³-hybridized carbons (Fsp3) is 0.211. The lowest BCUT2D eigenvalue weighted by Gasteiger charge is -2.11. The molecule has 0 aliphatic carbocycles. The summed E-state index contributed by atoms with van der Waals surface area (Å²) in [5, 5.41) is 6.54. The predicted octanol–water partition coefficient (Wildman–Crippen LogP) is 4.10. The van der Waals surface area contributed by atoms with Crippen LogP contribution in [0.3, 0.4) is 0 Å². The van der Waals surface area contributed by atoms with Gasteiger partial charge in [0.25, 0.3) is 0 Å². The van der Waals surface area contributed by atoms with Crippen LogP contribution < -0.4 is 20.2 Å². The second-order valence-electron chi connectivity index (χ2n) is 5.47. The van der Waals surface area contributed by atoms with Crippen molar-refractivity contribution in [1.82, 2.24) is 5.43 Å². The molecular formula is C19H19Br2N3O4. The summed E-state index contributed by atoms with van der Waals surface area (Å²) >= 11 is 6.75. The predicted molar refractivity (Wildman–Crippen MR) is 115 cm³/mol. The third-order valence-corrected chi connectivity index (χ3v) is 4.69. The van der Waals surface area contributed by atoms with Gasteiger partial charge in [-0.1, -0.05) is 12.1 Å². The molecule has 0 heterocycles. The Labute approximate surface area is 179 Å². The SMILES string of the molecule is CCOc1c(Br)cc(C=NNC(=O)CC(=O)Nc2ccccc2Br)cc1OC.